The molecule has 0 radical (unpaired) electrons. The third kappa shape index (κ3) is 5.94. The summed E-state index contributed by atoms with van der Waals surface area (Å²) in [6.07, 6.45) is -4.50. The first-order valence-electron chi connectivity index (χ1n) is 9.78. The fourth-order valence-electron chi connectivity index (χ4n) is 3.19. The maximum Gasteiger partial charge on any atom is 0.416 e. The van der Waals surface area contributed by atoms with Gasteiger partial charge < -0.3 is 19.7 Å². The van der Waals surface area contributed by atoms with E-state index in [4.69, 9.17) is 9.47 Å². The van der Waals surface area contributed by atoms with Crippen molar-refractivity contribution >= 4 is 11.7 Å². The number of ether oxygens (including phenoxy) is 2. The predicted octanol–water partition coefficient (Wildman–Crippen LogP) is 5.96. The molecule has 3 rings (SSSR count). The fourth-order valence-corrected chi connectivity index (χ4v) is 3.19. The molecule has 0 unspecified atom stereocenters. The number of carbonyl (C=O) groups is 1. The number of hydrogen-bond donors (Lipinski definition) is 1. The van der Waals surface area contributed by atoms with E-state index < -0.39 is 17.8 Å². The quantitative estimate of drug-likeness (QED) is 0.489. The van der Waals surface area contributed by atoms with Gasteiger partial charge in [0.15, 0.2) is 0 Å². The van der Waals surface area contributed by atoms with E-state index in [1.165, 1.54) is 31.3 Å². The predicted molar refractivity (Wildman–Crippen MR) is 116 cm³/mol. The summed E-state index contributed by atoms with van der Waals surface area (Å²) in [7, 11) is 3.06. The molecule has 0 aliphatic heterocycles. The van der Waals surface area contributed by atoms with Crippen molar-refractivity contribution in [3.63, 3.8) is 0 Å². The second-order valence-corrected chi connectivity index (χ2v) is 7.03. The number of hydrogen-bond acceptors (Lipinski definition) is 3. The van der Waals surface area contributed by atoms with Gasteiger partial charge in [-0.25, -0.2) is 4.79 Å². The van der Waals surface area contributed by atoms with E-state index in [1.54, 1.807) is 18.2 Å². The van der Waals surface area contributed by atoms with Crippen molar-refractivity contribution in [2.75, 3.05) is 19.5 Å². The standard InChI is InChI=1S/C24H23F3N2O3/c1-31-21-11-12-22(32-2)18(13-21)16-29(15-17-7-4-3-5-8-17)23(30)28-20-10-6-9-19(14-20)24(25,26)27/h3-14H,15-16H2,1-2H3,(H,28,30). The SMILES string of the molecule is COc1ccc(OC)c(CN(Cc2ccccc2)C(=O)Nc2cccc(C(F)(F)F)c2)c1. The van der Waals surface area contributed by atoms with E-state index in [9.17, 15) is 18.0 Å². The molecule has 0 aliphatic carbocycles. The van der Waals surface area contributed by atoms with E-state index in [2.05, 4.69) is 5.32 Å². The van der Waals surface area contributed by atoms with E-state index >= 15 is 0 Å². The molecule has 0 fully saturated rings. The van der Waals surface area contributed by atoms with Crippen LogP contribution in [0.4, 0.5) is 23.7 Å². The third-order valence-electron chi connectivity index (χ3n) is 4.79. The Bertz CT molecular complexity index is 1060. The Morgan fingerprint density at radius 1 is 0.906 bits per heavy atom. The van der Waals surface area contributed by atoms with Crippen LogP contribution in [-0.2, 0) is 19.3 Å². The molecule has 8 heteroatoms. The molecule has 1 N–H and O–H groups in total. The molecule has 168 valence electrons. The molecule has 0 atom stereocenters. The summed E-state index contributed by atoms with van der Waals surface area (Å²) in [5, 5.41) is 2.58. The summed E-state index contributed by atoms with van der Waals surface area (Å²) in [4.78, 5) is 14.6. The number of alkyl halides is 3. The van der Waals surface area contributed by atoms with Crippen LogP contribution in [-0.4, -0.2) is 25.2 Å². The van der Waals surface area contributed by atoms with E-state index in [0.29, 0.717) is 17.1 Å². The van der Waals surface area contributed by atoms with Gasteiger partial charge in [0, 0.05) is 17.8 Å². The number of methoxy groups -OCH3 is 2. The normalized spacial score (nSPS) is 11.0. The minimum atomic E-state index is -4.50. The number of carbonyl (C=O) groups excluding carboxylic acids is 1. The number of halogens is 3. The zero-order chi connectivity index (χ0) is 23.1. The smallest absolute Gasteiger partial charge is 0.416 e. The lowest BCUT2D eigenvalue weighted by Crippen LogP contribution is -2.34. The van der Waals surface area contributed by atoms with Gasteiger partial charge >= 0.3 is 12.2 Å². The van der Waals surface area contributed by atoms with Gasteiger partial charge in [0.2, 0.25) is 0 Å². The van der Waals surface area contributed by atoms with Crippen molar-refractivity contribution in [2.24, 2.45) is 0 Å². The van der Waals surface area contributed by atoms with Crippen molar-refractivity contribution in [1.82, 2.24) is 4.90 Å². The van der Waals surface area contributed by atoms with Gasteiger partial charge in [0.25, 0.3) is 0 Å². The lowest BCUT2D eigenvalue weighted by molar-refractivity contribution is -0.137. The zero-order valence-electron chi connectivity index (χ0n) is 17.6. The molecular weight excluding hydrogens is 421 g/mol. The summed E-state index contributed by atoms with van der Waals surface area (Å²) in [6, 6.07) is 18.5. The molecule has 3 aromatic rings. The van der Waals surface area contributed by atoms with Crippen LogP contribution in [0.25, 0.3) is 0 Å². The maximum absolute atomic E-state index is 13.1. The Morgan fingerprint density at radius 3 is 2.31 bits per heavy atom. The van der Waals surface area contributed by atoms with Crippen molar-refractivity contribution in [1.29, 1.82) is 0 Å². The molecule has 0 aliphatic rings. The highest BCUT2D eigenvalue weighted by Crippen LogP contribution is 2.31. The van der Waals surface area contributed by atoms with Gasteiger partial charge in [-0.05, 0) is 42.0 Å². The summed E-state index contributed by atoms with van der Waals surface area (Å²) in [6.45, 7) is 0.395. The number of urea groups is 1. The minimum Gasteiger partial charge on any atom is -0.497 e. The first-order chi connectivity index (χ1) is 15.3. The fraction of sp³-hybridized carbons (Fsp3) is 0.208. The number of amides is 2. The van der Waals surface area contributed by atoms with Gasteiger partial charge in [-0.3, -0.25) is 0 Å². The Kier molecular flexibility index (Phi) is 7.25. The summed E-state index contributed by atoms with van der Waals surface area (Å²) in [5.74, 6) is 1.16. The van der Waals surface area contributed by atoms with Crippen LogP contribution in [0.3, 0.4) is 0 Å². The highest BCUT2D eigenvalue weighted by Gasteiger charge is 2.30. The monoisotopic (exact) mass is 444 g/mol. The number of anilines is 1. The lowest BCUT2D eigenvalue weighted by atomic mass is 10.1. The summed E-state index contributed by atoms with van der Waals surface area (Å²) >= 11 is 0. The molecule has 0 bridgehead atoms. The van der Waals surface area contributed by atoms with Gasteiger partial charge in [0.05, 0.1) is 26.3 Å². The Morgan fingerprint density at radius 2 is 1.66 bits per heavy atom. The Labute approximate surface area is 184 Å². The topological polar surface area (TPSA) is 50.8 Å². The van der Waals surface area contributed by atoms with Crippen LogP contribution in [0.1, 0.15) is 16.7 Å². The highest BCUT2D eigenvalue weighted by molar-refractivity contribution is 5.89. The molecule has 2 amide bonds. The van der Waals surface area contributed by atoms with Crippen LogP contribution in [0.2, 0.25) is 0 Å². The average molecular weight is 444 g/mol. The van der Waals surface area contributed by atoms with E-state index in [1.807, 2.05) is 30.3 Å². The molecule has 32 heavy (non-hydrogen) atoms. The zero-order valence-corrected chi connectivity index (χ0v) is 17.6. The van der Waals surface area contributed by atoms with Crippen molar-refractivity contribution in [3.8, 4) is 11.5 Å². The minimum absolute atomic E-state index is 0.0560. The number of benzene rings is 3. The third-order valence-corrected chi connectivity index (χ3v) is 4.79. The maximum atomic E-state index is 13.1. The Balaban J connectivity index is 1.89. The molecule has 5 nitrogen and oxygen atoms in total. The first kappa shape index (κ1) is 23.0. The van der Waals surface area contributed by atoms with Crippen LogP contribution in [0, 0.1) is 0 Å². The average Bonchev–Trinajstić information content (AvgIpc) is 2.79. The second kappa shape index (κ2) is 10.1. The number of nitrogens with zero attached hydrogens (tertiary/aromatic N) is 1. The van der Waals surface area contributed by atoms with Gasteiger partial charge in [0.1, 0.15) is 11.5 Å². The second-order valence-electron chi connectivity index (χ2n) is 7.03. The van der Waals surface area contributed by atoms with Crippen molar-refractivity contribution in [2.45, 2.75) is 19.3 Å². The van der Waals surface area contributed by atoms with Gasteiger partial charge in [-0.2, -0.15) is 13.2 Å². The van der Waals surface area contributed by atoms with Gasteiger partial charge in [-0.15, -0.1) is 0 Å². The van der Waals surface area contributed by atoms with Gasteiger partial charge in [-0.1, -0.05) is 36.4 Å². The molecule has 0 saturated heterocycles. The number of rotatable bonds is 7. The molecule has 0 spiro atoms. The molecule has 3 aromatic carbocycles. The van der Waals surface area contributed by atoms with E-state index in [-0.39, 0.29) is 18.8 Å². The number of nitrogens with one attached hydrogen (secondary N) is 1. The van der Waals surface area contributed by atoms with Crippen LogP contribution in [0.15, 0.2) is 72.8 Å². The summed E-state index contributed by atoms with van der Waals surface area (Å²) in [5.41, 5.74) is 0.787. The van der Waals surface area contributed by atoms with Crippen LogP contribution in [0.5, 0.6) is 11.5 Å². The van der Waals surface area contributed by atoms with Crippen LogP contribution >= 0.6 is 0 Å². The van der Waals surface area contributed by atoms with E-state index in [0.717, 1.165) is 17.7 Å². The van der Waals surface area contributed by atoms with Crippen molar-refractivity contribution in [3.05, 3.63) is 89.5 Å². The molecular formula is C24H23F3N2O3. The molecule has 0 heterocycles. The molecule has 0 saturated carbocycles. The highest BCUT2D eigenvalue weighted by atomic mass is 19.4. The summed E-state index contributed by atoms with van der Waals surface area (Å²) < 4.78 is 49.8. The van der Waals surface area contributed by atoms with Crippen molar-refractivity contribution < 1.29 is 27.4 Å². The largest absolute Gasteiger partial charge is 0.497 e. The van der Waals surface area contributed by atoms with Crippen LogP contribution < -0.4 is 14.8 Å². The Hall–Kier alpha value is -3.68. The first-order valence-corrected chi connectivity index (χ1v) is 9.78. The molecule has 0 aromatic heterocycles. The lowest BCUT2D eigenvalue weighted by Gasteiger charge is -2.25.